The fourth-order valence-electron chi connectivity index (χ4n) is 3.38. The quantitative estimate of drug-likeness (QED) is 0.691. The van der Waals surface area contributed by atoms with Gasteiger partial charge in [0, 0.05) is 28.0 Å². The van der Waals surface area contributed by atoms with Crippen LogP contribution in [-0.2, 0) is 6.42 Å². The maximum Gasteiger partial charge on any atom is 0.0826 e. The molecule has 0 saturated heterocycles. The van der Waals surface area contributed by atoms with E-state index < -0.39 is 0 Å². The molecule has 3 heterocycles. The minimum Gasteiger partial charge on any atom is -0.356 e. The highest BCUT2D eigenvalue weighted by Gasteiger charge is 2.26. The number of hydrogen-bond acceptors (Lipinski definition) is 2. The molecule has 1 atom stereocenters. The Hall–Kier alpha value is -1.58. The van der Waals surface area contributed by atoms with Crippen LogP contribution in [0.1, 0.15) is 33.3 Å². The Labute approximate surface area is 122 Å². The third-order valence-electron chi connectivity index (χ3n) is 4.23. The van der Waals surface area contributed by atoms with Crippen LogP contribution in [0.3, 0.4) is 0 Å². The van der Waals surface area contributed by atoms with E-state index in [-0.39, 0.29) is 0 Å². The number of aromatic amines is 1. The van der Waals surface area contributed by atoms with Crippen LogP contribution in [0.4, 0.5) is 0 Å². The first kappa shape index (κ1) is 12.2. The average Bonchev–Trinajstić information content (AvgIpc) is 3.05. The Bertz CT molecular complexity index is 768. The summed E-state index contributed by atoms with van der Waals surface area (Å²) in [6.45, 7) is 5.43. The Kier molecular flexibility index (Phi) is 2.72. The second kappa shape index (κ2) is 4.47. The molecule has 0 bridgehead atoms. The second-order valence-corrected chi connectivity index (χ2v) is 6.65. The molecule has 102 valence electrons. The Morgan fingerprint density at radius 2 is 2.15 bits per heavy atom. The van der Waals surface area contributed by atoms with Crippen molar-refractivity contribution in [2.75, 3.05) is 6.54 Å². The van der Waals surface area contributed by atoms with Gasteiger partial charge in [0.05, 0.1) is 6.04 Å². The van der Waals surface area contributed by atoms with Crippen molar-refractivity contribution in [3.63, 3.8) is 0 Å². The van der Waals surface area contributed by atoms with E-state index in [1.807, 2.05) is 11.3 Å². The lowest BCUT2D eigenvalue weighted by Crippen LogP contribution is -2.29. The lowest BCUT2D eigenvalue weighted by Gasteiger charge is -2.23. The van der Waals surface area contributed by atoms with Crippen molar-refractivity contribution in [3.05, 3.63) is 56.9 Å². The van der Waals surface area contributed by atoms with Crippen molar-refractivity contribution < 1.29 is 0 Å². The van der Waals surface area contributed by atoms with Crippen LogP contribution in [0.2, 0.25) is 0 Å². The van der Waals surface area contributed by atoms with Crippen LogP contribution in [-0.4, -0.2) is 11.5 Å². The fraction of sp³-hybridized carbons (Fsp3) is 0.294. The SMILES string of the molecule is Cc1cc(C)c2[nH]c3c(c2c1)CCNC3c1cccs1. The van der Waals surface area contributed by atoms with Crippen LogP contribution in [0.5, 0.6) is 0 Å². The van der Waals surface area contributed by atoms with Crippen molar-refractivity contribution in [2.24, 2.45) is 0 Å². The van der Waals surface area contributed by atoms with E-state index in [0.717, 1.165) is 13.0 Å². The normalized spacial score (nSPS) is 18.4. The standard InChI is InChI=1S/C17H18N2S/c1-10-8-11(2)15-13(9-10)12-5-6-18-17(16(12)19-15)14-4-3-7-20-14/h3-4,7-9,17-19H,5-6H2,1-2H3. The third kappa shape index (κ3) is 1.74. The number of hydrogen-bond donors (Lipinski definition) is 2. The molecule has 2 aromatic heterocycles. The summed E-state index contributed by atoms with van der Waals surface area (Å²) in [6.07, 6.45) is 1.11. The number of nitrogens with one attached hydrogen (secondary N) is 2. The molecule has 1 aromatic carbocycles. The molecule has 0 fully saturated rings. The average molecular weight is 282 g/mol. The molecular formula is C17H18N2S. The summed E-state index contributed by atoms with van der Waals surface area (Å²) in [5, 5.41) is 7.23. The van der Waals surface area contributed by atoms with E-state index in [1.165, 1.54) is 38.2 Å². The number of rotatable bonds is 1. The molecule has 20 heavy (non-hydrogen) atoms. The Morgan fingerprint density at radius 1 is 1.25 bits per heavy atom. The summed E-state index contributed by atoms with van der Waals surface area (Å²) < 4.78 is 0. The van der Waals surface area contributed by atoms with Crippen LogP contribution in [0, 0.1) is 13.8 Å². The largest absolute Gasteiger partial charge is 0.356 e. The highest BCUT2D eigenvalue weighted by atomic mass is 32.1. The van der Waals surface area contributed by atoms with Crippen LogP contribution < -0.4 is 5.32 Å². The number of aryl methyl sites for hydroxylation is 2. The van der Waals surface area contributed by atoms with Gasteiger partial charge in [-0.05, 0) is 48.9 Å². The molecule has 0 radical (unpaired) electrons. The van der Waals surface area contributed by atoms with Crippen molar-refractivity contribution >= 4 is 22.2 Å². The summed E-state index contributed by atoms with van der Waals surface area (Å²) in [7, 11) is 0. The molecular weight excluding hydrogens is 264 g/mol. The van der Waals surface area contributed by atoms with Gasteiger partial charge in [-0.15, -0.1) is 11.3 Å². The molecule has 4 rings (SSSR count). The zero-order chi connectivity index (χ0) is 13.7. The molecule has 1 aliphatic rings. The second-order valence-electron chi connectivity index (χ2n) is 5.67. The first-order valence-electron chi connectivity index (χ1n) is 7.12. The highest BCUT2D eigenvalue weighted by Crippen LogP contribution is 2.36. The number of fused-ring (bicyclic) bond motifs is 3. The predicted octanol–water partition coefficient (Wildman–Crippen LogP) is 4.08. The molecule has 3 aromatic rings. The summed E-state index contributed by atoms with van der Waals surface area (Å²) in [4.78, 5) is 5.09. The number of H-pyrrole nitrogens is 1. The van der Waals surface area contributed by atoms with E-state index in [9.17, 15) is 0 Å². The van der Waals surface area contributed by atoms with Crippen LogP contribution in [0.15, 0.2) is 29.6 Å². The number of aromatic nitrogens is 1. The van der Waals surface area contributed by atoms with Crippen LogP contribution >= 0.6 is 11.3 Å². The molecule has 0 saturated carbocycles. The first-order valence-corrected chi connectivity index (χ1v) is 8.00. The van der Waals surface area contributed by atoms with Gasteiger partial charge in [-0.2, -0.15) is 0 Å². The molecule has 2 nitrogen and oxygen atoms in total. The van der Waals surface area contributed by atoms with E-state index >= 15 is 0 Å². The van der Waals surface area contributed by atoms with Gasteiger partial charge < -0.3 is 10.3 Å². The van der Waals surface area contributed by atoms with Gasteiger partial charge in [0.25, 0.3) is 0 Å². The zero-order valence-corrected chi connectivity index (χ0v) is 12.6. The lowest BCUT2D eigenvalue weighted by molar-refractivity contribution is 0.567. The molecule has 0 spiro atoms. The van der Waals surface area contributed by atoms with Crippen LogP contribution in [0.25, 0.3) is 10.9 Å². The summed E-state index contributed by atoms with van der Waals surface area (Å²) in [5.74, 6) is 0. The Balaban J connectivity index is 1.97. The highest BCUT2D eigenvalue weighted by molar-refractivity contribution is 7.10. The smallest absolute Gasteiger partial charge is 0.0826 e. The van der Waals surface area contributed by atoms with E-state index in [4.69, 9.17) is 0 Å². The van der Waals surface area contributed by atoms with E-state index in [1.54, 1.807) is 0 Å². The van der Waals surface area contributed by atoms with Crippen molar-refractivity contribution in [3.8, 4) is 0 Å². The monoisotopic (exact) mass is 282 g/mol. The molecule has 0 aliphatic carbocycles. The van der Waals surface area contributed by atoms with Crippen molar-refractivity contribution in [2.45, 2.75) is 26.3 Å². The first-order chi connectivity index (χ1) is 9.74. The van der Waals surface area contributed by atoms with Crippen molar-refractivity contribution in [1.82, 2.24) is 10.3 Å². The summed E-state index contributed by atoms with van der Waals surface area (Å²) in [6, 6.07) is 9.27. The number of thiophene rings is 1. The van der Waals surface area contributed by atoms with E-state index in [0.29, 0.717) is 6.04 Å². The van der Waals surface area contributed by atoms with Gasteiger partial charge in [0.1, 0.15) is 0 Å². The molecule has 1 aliphatic heterocycles. The number of benzene rings is 1. The van der Waals surface area contributed by atoms with Gasteiger partial charge in [-0.25, -0.2) is 0 Å². The van der Waals surface area contributed by atoms with E-state index in [2.05, 4.69) is 53.8 Å². The minimum absolute atomic E-state index is 0.325. The molecule has 1 unspecified atom stereocenters. The summed E-state index contributed by atoms with van der Waals surface area (Å²) >= 11 is 1.83. The van der Waals surface area contributed by atoms with Gasteiger partial charge in [0.15, 0.2) is 0 Å². The maximum atomic E-state index is 3.69. The fourth-order valence-corrected chi connectivity index (χ4v) is 4.19. The topological polar surface area (TPSA) is 27.8 Å². The van der Waals surface area contributed by atoms with Crippen molar-refractivity contribution in [1.29, 1.82) is 0 Å². The third-order valence-corrected chi connectivity index (χ3v) is 5.17. The van der Waals surface area contributed by atoms with Gasteiger partial charge in [0.2, 0.25) is 0 Å². The Morgan fingerprint density at radius 3 is 2.95 bits per heavy atom. The van der Waals surface area contributed by atoms with Gasteiger partial charge in [-0.3, -0.25) is 0 Å². The lowest BCUT2D eigenvalue weighted by atomic mass is 9.97. The summed E-state index contributed by atoms with van der Waals surface area (Å²) in [5.41, 5.74) is 6.87. The molecule has 3 heteroatoms. The minimum atomic E-state index is 0.325. The zero-order valence-electron chi connectivity index (χ0n) is 11.8. The predicted molar refractivity (Wildman–Crippen MR) is 85.6 cm³/mol. The van der Waals surface area contributed by atoms with Gasteiger partial charge in [-0.1, -0.05) is 17.7 Å². The maximum absolute atomic E-state index is 3.69. The van der Waals surface area contributed by atoms with Gasteiger partial charge >= 0.3 is 0 Å². The molecule has 0 amide bonds. The molecule has 2 N–H and O–H groups in total.